The van der Waals surface area contributed by atoms with Crippen LogP contribution in [-0.4, -0.2) is 17.1 Å². The zero-order valence-corrected chi connectivity index (χ0v) is 13.2. The fourth-order valence-electron chi connectivity index (χ4n) is 2.20. The monoisotopic (exact) mass is 324 g/mol. The van der Waals surface area contributed by atoms with Gasteiger partial charge in [-0.25, -0.2) is 14.4 Å². The highest BCUT2D eigenvalue weighted by Gasteiger charge is 2.03. The maximum Gasteiger partial charge on any atom is 0.135 e. The van der Waals surface area contributed by atoms with Gasteiger partial charge in [0, 0.05) is 29.9 Å². The molecule has 3 aromatic rings. The van der Waals surface area contributed by atoms with E-state index in [0.717, 1.165) is 11.4 Å². The fraction of sp³-hybridized carbons (Fsp3) is 0.111. The highest BCUT2D eigenvalue weighted by atomic mass is 19.1. The third kappa shape index (κ3) is 3.98. The number of nitrogens with zero attached hydrogens (tertiary/aromatic N) is 2. The Morgan fingerprint density at radius 2 is 1.83 bits per heavy atom. The van der Waals surface area contributed by atoms with E-state index in [-0.39, 0.29) is 5.82 Å². The number of nitrogens with one attached hydrogen (secondary N) is 2. The van der Waals surface area contributed by atoms with Crippen molar-refractivity contribution in [2.24, 2.45) is 0 Å². The molecule has 0 bridgehead atoms. The smallest absolute Gasteiger partial charge is 0.135 e. The normalized spacial score (nSPS) is 10.2. The molecule has 0 amide bonds. The molecule has 1 heterocycles. The molecule has 6 heteroatoms. The molecular formula is C18H17FN4O. The van der Waals surface area contributed by atoms with Crippen LogP contribution in [0.25, 0.3) is 0 Å². The lowest BCUT2D eigenvalue weighted by Gasteiger charge is -2.10. The second-order valence-electron chi connectivity index (χ2n) is 5.09. The standard InChI is InChI=1S/C18H17FN4O/c1-24-15-7-4-6-14(9-15)23-18-10-17(21-12-22-18)20-11-13-5-2-3-8-16(13)19/h2-10,12H,11H2,1H3,(H2,20,21,22,23). The summed E-state index contributed by atoms with van der Waals surface area (Å²) in [5.74, 6) is 1.76. The van der Waals surface area contributed by atoms with Crippen molar-refractivity contribution in [1.82, 2.24) is 9.97 Å². The lowest BCUT2D eigenvalue weighted by atomic mass is 10.2. The molecule has 0 spiro atoms. The predicted octanol–water partition coefficient (Wildman–Crippen LogP) is 3.98. The van der Waals surface area contributed by atoms with E-state index in [2.05, 4.69) is 20.6 Å². The molecule has 5 nitrogen and oxygen atoms in total. The number of ether oxygens (including phenoxy) is 1. The van der Waals surface area contributed by atoms with Gasteiger partial charge in [-0.15, -0.1) is 0 Å². The minimum Gasteiger partial charge on any atom is -0.497 e. The first-order chi connectivity index (χ1) is 11.7. The zero-order valence-electron chi connectivity index (χ0n) is 13.2. The van der Waals surface area contributed by atoms with Crippen molar-refractivity contribution >= 4 is 17.3 Å². The molecule has 0 saturated carbocycles. The lowest BCUT2D eigenvalue weighted by molar-refractivity contribution is 0.415. The van der Waals surface area contributed by atoms with Crippen molar-refractivity contribution in [3.63, 3.8) is 0 Å². The van der Waals surface area contributed by atoms with E-state index in [1.54, 1.807) is 31.4 Å². The highest BCUT2D eigenvalue weighted by molar-refractivity contribution is 5.60. The summed E-state index contributed by atoms with van der Waals surface area (Å²) in [6, 6.07) is 15.9. The van der Waals surface area contributed by atoms with Crippen LogP contribution in [0.2, 0.25) is 0 Å². The van der Waals surface area contributed by atoms with Crippen molar-refractivity contribution in [2.45, 2.75) is 6.54 Å². The second kappa shape index (κ2) is 7.41. The summed E-state index contributed by atoms with van der Waals surface area (Å²) >= 11 is 0. The SMILES string of the molecule is COc1cccc(Nc2cc(NCc3ccccc3F)ncn2)c1. The molecule has 0 saturated heterocycles. The molecule has 122 valence electrons. The van der Waals surface area contributed by atoms with Crippen LogP contribution < -0.4 is 15.4 Å². The third-order valence-corrected chi connectivity index (χ3v) is 3.43. The van der Waals surface area contributed by atoms with Gasteiger partial charge in [0.05, 0.1) is 7.11 Å². The van der Waals surface area contributed by atoms with Gasteiger partial charge in [-0.05, 0) is 18.2 Å². The van der Waals surface area contributed by atoms with E-state index >= 15 is 0 Å². The number of hydrogen-bond acceptors (Lipinski definition) is 5. The quantitative estimate of drug-likeness (QED) is 0.718. The summed E-state index contributed by atoms with van der Waals surface area (Å²) in [5.41, 5.74) is 1.44. The van der Waals surface area contributed by atoms with Gasteiger partial charge in [-0.1, -0.05) is 24.3 Å². The molecule has 0 fully saturated rings. The first-order valence-electron chi connectivity index (χ1n) is 7.45. The Kier molecular flexibility index (Phi) is 4.86. The molecule has 3 rings (SSSR count). The van der Waals surface area contributed by atoms with Crippen LogP contribution in [0.15, 0.2) is 60.9 Å². The van der Waals surface area contributed by atoms with Crippen molar-refractivity contribution in [1.29, 1.82) is 0 Å². The molecule has 2 aromatic carbocycles. The fourth-order valence-corrected chi connectivity index (χ4v) is 2.20. The van der Waals surface area contributed by atoms with E-state index in [1.807, 2.05) is 24.3 Å². The number of hydrogen-bond donors (Lipinski definition) is 2. The minimum atomic E-state index is -0.242. The van der Waals surface area contributed by atoms with Gasteiger partial charge in [0.25, 0.3) is 0 Å². The van der Waals surface area contributed by atoms with Gasteiger partial charge < -0.3 is 15.4 Å². The Hall–Kier alpha value is -3.15. The first kappa shape index (κ1) is 15.7. The summed E-state index contributed by atoms with van der Waals surface area (Å²) < 4.78 is 18.8. The molecular weight excluding hydrogens is 307 g/mol. The number of halogens is 1. The van der Waals surface area contributed by atoms with Crippen LogP contribution in [-0.2, 0) is 6.54 Å². The molecule has 0 aliphatic carbocycles. The first-order valence-corrected chi connectivity index (χ1v) is 7.45. The molecule has 0 aliphatic rings. The third-order valence-electron chi connectivity index (χ3n) is 3.43. The van der Waals surface area contributed by atoms with Gasteiger partial charge in [0.1, 0.15) is 29.5 Å². The molecule has 1 aromatic heterocycles. The van der Waals surface area contributed by atoms with Crippen molar-refractivity contribution in [3.8, 4) is 5.75 Å². The maximum atomic E-state index is 13.6. The maximum absolute atomic E-state index is 13.6. The van der Waals surface area contributed by atoms with Gasteiger partial charge in [0.15, 0.2) is 0 Å². The molecule has 0 atom stereocenters. The number of aromatic nitrogens is 2. The van der Waals surface area contributed by atoms with Crippen molar-refractivity contribution < 1.29 is 9.13 Å². The largest absolute Gasteiger partial charge is 0.497 e. The minimum absolute atomic E-state index is 0.242. The van der Waals surface area contributed by atoms with Crippen molar-refractivity contribution in [2.75, 3.05) is 17.7 Å². The number of rotatable bonds is 6. The summed E-state index contributed by atoms with van der Waals surface area (Å²) in [6.07, 6.45) is 1.45. The lowest BCUT2D eigenvalue weighted by Crippen LogP contribution is -2.04. The van der Waals surface area contributed by atoms with Crippen LogP contribution in [0.5, 0.6) is 5.75 Å². The topological polar surface area (TPSA) is 59.1 Å². The van der Waals surface area contributed by atoms with E-state index in [1.165, 1.54) is 12.4 Å². The summed E-state index contributed by atoms with van der Waals surface area (Å²) in [6.45, 7) is 0.349. The predicted molar refractivity (Wildman–Crippen MR) is 92.0 cm³/mol. The average Bonchev–Trinajstić information content (AvgIpc) is 2.61. The number of benzene rings is 2. The van der Waals surface area contributed by atoms with Gasteiger partial charge >= 0.3 is 0 Å². The molecule has 2 N–H and O–H groups in total. The molecule has 0 unspecified atom stereocenters. The summed E-state index contributed by atoms with van der Waals surface area (Å²) in [5, 5.41) is 6.28. The Morgan fingerprint density at radius 3 is 2.67 bits per heavy atom. The van der Waals surface area contributed by atoms with Crippen LogP contribution in [0.3, 0.4) is 0 Å². The van der Waals surface area contributed by atoms with Crippen LogP contribution in [0.1, 0.15) is 5.56 Å². The van der Waals surface area contributed by atoms with Crippen LogP contribution in [0.4, 0.5) is 21.7 Å². The van der Waals surface area contributed by atoms with Gasteiger partial charge in [-0.2, -0.15) is 0 Å². The highest BCUT2D eigenvalue weighted by Crippen LogP contribution is 2.21. The van der Waals surface area contributed by atoms with Crippen molar-refractivity contribution in [3.05, 3.63) is 72.3 Å². The van der Waals surface area contributed by atoms with E-state index in [9.17, 15) is 4.39 Å². The second-order valence-corrected chi connectivity index (χ2v) is 5.09. The van der Waals surface area contributed by atoms with Gasteiger partial charge in [0.2, 0.25) is 0 Å². The van der Waals surface area contributed by atoms with E-state index < -0.39 is 0 Å². The summed E-state index contributed by atoms with van der Waals surface area (Å²) in [7, 11) is 1.62. The molecule has 0 radical (unpaired) electrons. The Morgan fingerprint density at radius 1 is 1.00 bits per heavy atom. The Bertz CT molecular complexity index is 825. The van der Waals surface area contributed by atoms with Gasteiger partial charge in [-0.3, -0.25) is 0 Å². The molecule has 24 heavy (non-hydrogen) atoms. The number of methoxy groups -OCH3 is 1. The summed E-state index contributed by atoms with van der Waals surface area (Å²) in [4.78, 5) is 8.34. The van der Waals surface area contributed by atoms with Crippen LogP contribution >= 0.6 is 0 Å². The van der Waals surface area contributed by atoms with Crippen LogP contribution in [0, 0.1) is 5.82 Å². The Balaban J connectivity index is 1.68. The average molecular weight is 324 g/mol. The molecule has 0 aliphatic heterocycles. The zero-order chi connectivity index (χ0) is 16.8. The van der Waals surface area contributed by atoms with E-state index in [0.29, 0.717) is 23.7 Å². The number of anilines is 3. The Labute approximate surface area is 139 Å². The van der Waals surface area contributed by atoms with E-state index in [4.69, 9.17) is 4.74 Å².